The maximum atomic E-state index is 13.3. The van der Waals surface area contributed by atoms with Gasteiger partial charge in [-0.2, -0.15) is 0 Å². The summed E-state index contributed by atoms with van der Waals surface area (Å²) in [7, 11) is 0. The lowest BCUT2D eigenvalue weighted by atomic mass is 10.0. The highest BCUT2D eigenvalue weighted by Crippen LogP contribution is 2.54. The predicted molar refractivity (Wildman–Crippen MR) is 95.5 cm³/mol. The Labute approximate surface area is 151 Å². The third kappa shape index (κ3) is 2.84. The molecule has 0 N–H and O–H groups in total. The molecule has 0 unspecified atom stereocenters. The number of rotatable bonds is 2. The Hall–Kier alpha value is -1.56. The van der Waals surface area contributed by atoms with Gasteiger partial charge in [0.15, 0.2) is 0 Å². The molecule has 3 heterocycles. The van der Waals surface area contributed by atoms with E-state index in [1.54, 1.807) is 28.8 Å². The van der Waals surface area contributed by atoms with Gasteiger partial charge in [-0.05, 0) is 37.0 Å². The first-order valence-electron chi connectivity index (χ1n) is 9.13. The number of carbonyl (C=O) groups excluding carboxylic acids is 2. The van der Waals surface area contributed by atoms with E-state index in [9.17, 15) is 14.0 Å². The number of carbonyl (C=O) groups is 2. The molecule has 0 aliphatic carbocycles. The van der Waals surface area contributed by atoms with E-state index in [0.717, 1.165) is 31.5 Å². The van der Waals surface area contributed by atoms with Crippen LogP contribution in [0.4, 0.5) is 4.39 Å². The fourth-order valence-corrected chi connectivity index (χ4v) is 5.98. The summed E-state index contributed by atoms with van der Waals surface area (Å²) in [6, 6.07) is 6.01. The van der Waals surface area contributed by atoms with Crippen LogP contribution in [-0.2, 0) is 14.5 Å². The van der Waals surface area contributed by atoms with Gasteiger partial charge in [-0.1, -0.05) is 25.0 Å². The van der Waals surface area contributed by atoms with Crippen molar-refractivity contribution >= 4 is 23.6 Å². The van der Waals surface area contributed by atoms with E-state index in [4.69, 9.17) is 0 Å². The summed E-state index contributed by atoms with van der Waals surface area (Å²) in [5, 5.41) is 0. The second-order valence-electron chi connectivity index (χ2n) is 7.12. The molecule has 1 aromatic carbocycles. The molecule has 3 aliphatic rings. The van der Waals surface area contributed by atoms with Crippen LogP contribution in [0.15, 0.2) is 24.3 Å². The average Bonchev–Trinajstić information content (AvgIpc) is 3.02. The lowest BCUT2D eigenvalue weighted by Gasteiger charge is -2.35. The van der Waals surface area contributed by atoms with Crippen molar-refractivity contribution < 1.29 is 14.0 Å². The van der Waals surface area contributed by atoms with Gasteiger partial charge in [-0.25, -0.2) is 4.39 Å². The molecule has 0 radical (unpaired) electrons. The number of benzene rings is 1. The number of nitrogens with zero attached hydrogens (tertiary/aromatic N) is 2. The lowest BCUT2D eigenvalue weighted by Crippen LogP contribution is -2.51. The Bertz CT molecular complexity index is 673. The zero-order valence-corrected chi connectivity index (χ0v) is 15.1. The highest BCUT2D eigenvalue weighted by molar-refractivity contribution is 8.00. The van der Waals surface area contributed by atoms with Crippen LogP contribution in [0.5, 0.6) is 0 Å². The van der Waals surface area contributed by atoms with Crippen molar-refractivity contribution in [2.24, 2.45) is 0 Å². The maximum Gasteiger partial charge on any atom is 0.246 e. The van der Waals surface area contributed by atoms with Crippen molar-refractivity contribution in [1.82, 2.24) is 9.80 Å². The van der Waals surface area contributed by atoms with Crippen molar-refractivity contribution in [2.45, 2.75) is 49.4 Å². The van der Waals surface area contributed by atoms with Gasteiger partial charge >= 0.3 is 0 Å². The van der Waals surface area contributed by atoms with Crippen molar-refractivity contribution in [3.63, 3.8) is 0 Å². The summed E-state index contributed by atoms with van der Waals surface area (Å²) < 4.78 is 13.3. The van der Waals surface area contributed by atoms with Gasteiger partial charge in [0.1, 0.15) is 16.7 Å². The van der Waals surface area contributed by atoms with E-state index in [1.807, 2.05) is 4.90 Å². The van der Waals surface area contributed by atoms with Crippen LogP contribution in [0.25, 0.3) is 0 Å². The molecule has 0 saturated carbocycles. The Morgan fingerprint density at radius 1 is 1.12 bits per heavy atom. The van der Waals surface area contributed by atoms with Crippen LogP contribution in [0.2, 0.25) is 0 Å². The predicted octanol–water partition coefficient (Wildman–Crippen LogP) is 3.12. The third-order valence-corrected chi connectivity index (χ3v) is 7.22. The Morgan fingerprint density at radius 2 is 1.80 bits per heavy atom. The summed E-state index contributed by atoms with van der Waals surface area (Å²) in [6.45, 7) is 1.59. The van der Waals surface area contributed by atoms with Gasteiger partial charge < -0.3 is 9.80 Å². The van der Waals surface area contributed by atoms with Crippen molar-refractivity contribution in [1.29, 1.82) is 0 Å². The summed E-state index contributed by atoms with van der Waals surface area (Å²) in [6.07, 6.45) is 5.57. The summed E-state index contributed by atoms with van der Waals surface area (Å²) in [5.74, 6) is 0.477. The standard InChI is InChI=1S/C19H23FN2O2S/c20-15-7-5-14(6-8-15)19-10-9-17(23)22(19)16(13-25-19)18(24)21-11-3-1-2-4-12-21/h5-8,16H,1-4,9-13H2/t16-,19-/m1/s1. The third-order valence-electron chi connectivity index (χ3n) is 5.63. The molecular weight excluding hydrogens is 339 g/mol. The smallest absolute Gasteiger partial charge is 0.246 e. The Balaban J connectivity index is 1.62. The van der Waals surface area contributed by atoms with E-state index < -0.39 is 4.87 Å². The molecule has 25 heavy (non-hydrogen) atoms. The maximum absolute atomic E-state index is 13.3. The summed E-state index contributed by atoms with van der Waals surface area (Å²) in [4.78, 5) is 29.0. The highest BCUT2D eigenvalue weighted by atomic mass is 32.2. The lowest BCUT2D eigenvalue weighted by molar-refractivity contribution is -0.144. The Morgan fingerprint density at radius 3 is 2.48 bits per heavy atom. The summed E-state index contributed by atoms with van der Waals surface area (Å²) >= 11 is 1.66. The fraction of sp³-hybridized carbons (Fsp3) is 0.579. The first kappa shape index (κ1) is 16.9. The molecule has 3 saturated heterocycles. The zero-order chi connectivity index (χ0) is 17.4. The van der Waals surface area contributed by atoms with Crippen LogP contribution >= 0.6 is 11.8 Å². The van der Waals surface area contributed by atoms with E-state index in [2.05, 4.69) is 0 Å². The number of thioether (sulfide) groups is 1. The largest absolute Gasteiger partial charge is 0.341 e. The van der Waals surface area contributed by atoms with Crippen LogP contribution < -0.4 is 0 Å². The van der Waals surface area contributed by atoms with Gasteiger partial charge in [0.05, 0.1) is 0 Å². The summed E-state index contributed by atoms with van der Waals surface area (Å²) in [5.41, 5.74) is 0.927. The molecule has 4 rings (SSSR count). The van der Waals surface area contributed by atoms with Crippen molar-refractivity contribution in [3.8, 4) is 0 Å². The van der Waals surface area contributed by atoms with E-state index in [0.29, 0.717) is 18.6 Å². The number of fused-ring (bicyclic) bond motifs is 1. The molecule has 0 aromatic heterocycles. The molecule has 4 nitrogen and oxygen atoms in total. The van der Waals surface area contributed by atoms with Crippen LogP contribution in [0.1, 0.15) is 44.1 Å². The Kier molecular flexibility index (Phi) is 4.48. The second-order valence-corrected chi connectivity index (χ2v) is 8.42. The van der Waals surface area contributed by atoms with E-state index >= 15 is 0 Å². The molecular formula is C19H23FN2O2S. The molecule has 2 amide bonds. The molecule has 6 heteroatoms. The van der Waals surface area contributed by atoms with Gasteiger partial charge in [-0.15, -0.1) is 11.8 Å². The van der Waals surface area contributed by atoms with Gasteiger partial charge in [-0.3, -0.25) is 9.59 Å². The van der Waals surface area contributed by atoms with E-state index in [-0.39, 0.29) is 23.7 Å². The van der Waals surface area contributed by atoms with Crippen molar-refractivity contribution in [3.05, 3.63) is 35.6 Å². The number of hydrogen-bond acceptors (Lipinski definition) is 3. The quantitative estimate of drug-likeness (QED) is 0.812. The van der Waals surface area contributed by atoms with Gasteiger partial charge in [0.25, 0.3) is 0 Å². The molecule has 0 bridgehead atoms. The molecule has 3 fully saturated rings. The molecule has 1 aromatic rings. The first-order chi connectivity index (χ1) is 12.1. The second kappa shape index (κ2) is 6.63. The number of halogens is 1. The molecule has 134 valence electrons. The average molecular weight is 362 g/mol. The van der Waals surface area contributed by atoms with E-state index in [1.165, 1.54) is 25.0 Å². The normalized spacial score (nSPS) is 29.6. The minimum absolute atomic E-state index is 0.0440. The molecule has 0 spiro atoms. The minimum atomic E-state index is -0.503. The SMILES string of the molecule is O=C([C@H]1CS[C@@]2(c3ccc(F)cc3)CCC(=O)N12)N1CCCCCC1. The molecule has 2 atom stereocenters. The zero-order valence-electron chi connectivity index (χ0n) is 14.2. The first-order valence-corrected chi connectivity index (χ1v) is 10.1. The number of hydrogen-bond donors (Lipinski definition) is 0. The molecule has 3 aliphatic heterocycles. The monoisotopic (exact) mass is 362 g/mol. The van der Waals surface area contributed by atoms with Crippen molar-refractivity contribution in [2.75, 3.05) is 18.8 Å². The fourth-order valence-electron chi connectivity index (χ4n) is 4.34. The number of amides is 2. The number of likely N-dealkylation sites (tertiary alicyclic amines) is 1. The van der Waals surface area contributed by atoms with Gasteiger partial charge in [0.2, 0.25) is 11.8 Å². The van der Waals surface area contributed by atoms with Crippen LogP contribution in [-0.4, -0.2) is 46.5 Å². The minimum Gasteiger partial charge on any atom is -0.341 e. The topological polar surface area (TPSA) is 40.6 Å². The van der Waals surface area contributed by atoms with Crippen LogP contribution in [0, 0.1) is 5.82 Å². The highest BCUT2D eigenvalue weighted by Gasteiger charge is 2.57. The van der Waals surface area contributed by atoms with Crippen LogP contribution in [0.3, 0.4) is 0 Å². The van der Waals surface area contributed by atoms with Gasteiger partial charge in [0, 0.05) is 25.3 Å².